The minimum absolute atomic E-state index is 0.0650. The summed E-state index contributed by atoms with van der Waals surface area (Å²) in [6, 6.07) is 6.88. The molecule has 5 heteroatoms. The zero-order valence-corrected chi connectivity index (χ0v) is 12.4. The summed E-state index contributed by atoms with van der Waals surface area (Å²) in [5.41, 5.74) is 2.03. The Morgan fingerprint density at radius 3 is 2.62 bits per heavy atom. The molecule has 21 heavy (non-hydrogen) atoms. The van der Waals surface area contributed by atoms with E-state index in [1.54, 1.807) is 0 Å². The predicted molar refractivity (Wildman–Crippen MR) is 77.8 cm³/mol. The third-order valence-corrected chi connectivity index (χ3v) is 3.62. The van der Waals surface area contributed by atoms with Crippen molar-refractivity contribution in [3.8, 4) is 0 Å². The van der Waals surface area contributed by atoms with Crippen LogP contribution in [0.5, 0.6) is 0 Å². The predicted octanol–water partition coefficient (Wildman–Crippen LogP) is 1.84. The standard InChI is InChI=1S/C16H21NO4/c1-11(2)21-8-7-15(18)17-10-13-6-4-3-5-12(13)9-14(17)16(19)20/h3-6,11,14H,7-10H2,1-2H3,(H,19,20)/t14-/m1/s1. The molecule has 0 bridgehead atoms. The summed E-state index contributed by atoms with van der Waals surface area (Å²) in [4.78, 5) is 25.2. The van der Waals surface area contributed by atoms with Crippen molar-refractivity contribution in [1.82, 2.24) is 4.90 Å². The van der Waals surface area contributed by atoms with Crippen LogP contribution in [0.15, 0.2) is 24.3 Å². The molecule has 0 saturated carbocycles. The second-order valence-electron chi connectivity index (χ2n) is 5.52. The number of carboxylic acids is 1. The van der Waals surface area contributed by atoms with Crippen LogP contribution in [0.1, 0.15) is 31.4 Å². The van der Waals surface area contributed by atoms with Crippen LogP contribution < -0.4 is 0 Å². The maximum absolute atomic E-state index is 12.3. The fourth-order valence-corrected chi connectivity index (χ4v) is 2.53. The molecule has 0 aromatic heterocycles. The number of nitrogens with zero attached hydrogens (tertiary/aromatic N) is 1. The van der Waals surface area contributed by atoms with E-state index < -0.39 is 12.0 Å². The second-order valence-corrected chi connectivity index (χ2v) is 5.52. The molecule has 114 valence electrons. The molecule has 1 aliphatic rings. The van der Waals surface area contributed by atoms with Crippen molar-refractivity contribution in [1.29, 1.82) is 0 Å². The first-order valence-corrected chi connectivity index (χ1v) is 7.19. The average Bonchev–Trinajstić information content (AvgIpc) is 2.45. The van der Waals surface area contributed by atoms with Gasteiger partial charge in [-0.25, -0.2) is 4.79 Å². The number of ether oxygens (including phenoxy) is 1. The highest BCUT2D eigenvalue weighted by molar-refractivity contribution is 5.84. The molecule has 2 rings (SSSR count). The van der Waals surface area contributed by atoms with Gasteiger partial charge in [-0.3, -0.25) is 4.79 Å². The summed E-state index contributed by atoms with van der Waals surface area (Å²) >= 11 is 0. The van der Waals surface area contributed by atoms with Gasteiger partial charge in [0, 0.05) is 13.0 Å². The molecule has 0 spiro atoms. The van der Waals surface area contributed by atoms with Crippen molar-refractivity contribution in [3.05, 3.63) is 35.4 Å². The molecule has 1 heterocycles. The van der Waals surface area contributed by atoms with Crippen LogP contribution in [-0.4, -0.2) is 40.6 Å². The molecule has 1 N–H and O–H groups in total. The van der Waals surface area contributed by atoms with Gasteiger partial charge >= 0.3 is 5.97 Å². The van der Waals surface area contributed by atoms with Gasteiger partial charge in [0.25, 0.3) is 0 Å². The number of carboxylic acid groups (broad SMARTS) is 1. The van der Waals surface area contributed by atoms with E-state index in [4.69, 9.17) is 4.74 Å². The Kier molecular flexibility index (Phi) is 4.96. The zero-order chi connectivity index (χ0) is 15.4. The topological polar surface area (TPSA) is 66.8 Å². The number of benzene rings is 1. The van der Waals surface area contributed by atoms with Crippen molar-refractivity contribution in [3.63, 3.8) is 0 Å². The number of hydrogen-bond donors (Lipinski definition) is 1. The molecule has 1 aliphatic heterocycles. The maximum atomic E-state index is 12.3. The van der Waals surface area contributed by atoms with E-state index in [9.17, 15) is 14.7 Å². The third kappa shape index (κ3) is 3.82. The summed E-state index contributed by atoms with van der Waals surface area (Å²) in [6.07, 6.45) is 0.641. The summed E-state index contributed by atoms with van der Waals surface area (Å²) in [5.74, 6) is -1.12. The maximum Gasteiger partial charge on any atom is 0.326 e. The van der Waals surface area contributed by atoms with Gasteiger partial charge < -0.3 is 14.7 Å². The lowest BCUT2D eigenvalue weighted by Gasteiger charge is -2.34. The van der Waals surface area contributed by atoms with Crippen molar-refractivity contribution in [2.24, 2.45) is 0 Å². The van der Waals surface area contributed by atoms with Gasteiger partial charge in [0.15, 0.2) is 0 Å². The van der Waals surface area contributed by atoms with Gasteiger partial charge in [0.2, 0.25) is 5.91 Å². The average molecular weight is 291 g/mol. The van der Waals surface area contributed by atoms with E-state index in [2.05, 4.69) is 0 Å². The lowest BCUT2D eigenvalue weighted by molar-refractivity contribution is -0.152. The van der Waals surface area contributed by atoms with Gasteiger partial charge in [-0.2, -0.15) is 0 Å². The summed E-state index contributed by atoms with van der Waals surface area (Å²) in [5, 5.41) is 9.37. The summed E-state index contributed by atoms with van der Waals surface area (Å²) in [6.45, 7) is 4.48. The fourth-order valence-electron chi connectivity index (χ4n) is 2.53. The van der Waals surface area contributed by atoms with Gasteiger partial charge in [-0.05, 0) is 25.0 Å². The van der Waals surface area contributed by atoms with Crippen LogP contribution >= 0.6 is 0 Å². The quantitative estimate of drug-likeness (QED) is 0.899. The van der Waals surface area contributed by atoms with Gasteiger partial charge in [-0.15, -0.1) is 0 Å². The van der Waals surface area contributed by atoms with Crippen molar-refractivity contribution in [2.45, 2.75) is 45.4 Å². The number of carbonyl (C=O) groups is 2. The highest BCUT2D eigenvalue weighted by Gasteiger charge is 2.34. The SMILES string of the molecule is CC(C)OCCC(=O)N1Cc2ccccc2C[C@@H]1C(=O)O. The Hall–Kier alpha value is -1.88. The van der Waals surface area contributed by atoms with Crippen molar-refractivity contribution in [2.75, 3.05) is 6.61 Å². The Balaban J connectivity index is 2.09. The lowest BCUT2D eigenvalue weighted by Crippen LogP contribution is -2.48. The first kappa shape index (κ1) is 15.5. The Labute approximate surface area is 124 Å². The monoisotopic (exact) mass is 291 g/mol. The number of fused-ring (bicyclic) bond motifs is 1. The van der Waals surface area contributed by atoms with Crippen molar-refractivity contribution < 1.29 is 19.4 Å². The molecule has 1 atom stereocenters. The third-order valence-electron chi connectivity index (χ3n) is 3.62. The number of amides is 1. The molecule has 0 saturated heterocycles. The van der Waals surface area contributed by atoms with Gasteiger partial charge in [0.1, 0.15) is 6.04 Å². The second kappa shape index (κ2) is 6.72. The van der Waals surface area contributed by atoms with Crippen LogP contribution in [-0.2, 0) is 27.3 Å². The fraction of sp³-hybridized carbons (Fsp3) is 0.500. The van der Waals surface area contributed by atoms with E-state index in [-0.39, 0.29) is 18.4 Å². The first-order chi connectivity index (χ1) is 9.99. The molecule has 1 amide bonds. The lowest BCUT2D eigenvalue weighted by atomic mass is 9.94. The van der Waals surface area contributed by atoms with Gasteiger partial charge in [0.05, 0.1) is 19.1 Å². The molecule has 1 aromatic rings. The smallest absolute Gasteiger partial charge is 0.326 e. The van der Waals surface area contributed by atoms with Crippen LogP contribution in [0, 0.1) is 0 Å². The molecule has 0 unspecified atom stereocenters. The molecule has 0 fully saturated rings. The summed E-state index contributed by atoms with van der Waals surface area (Å²) in [7, 11) is 0. The Morgan fingerprint density at radius 2 is 2.00 bits per heavy atom. The minimum atomic E-state index is -0.956. The largest absolute Gasteiger partial charge is 0.480 e. The van der Waals surface area contributed by atoms with E-state index in [1.807, 2.05) is 38.1 Å². The highest BCUT2D eigenvalue weighted by Crippen LogP contribution is 2.24. The highest BCUT2D eigenvalue weighted by atomic mass is 16.5. The van der Waals surface area contributed by atoms with Crippen LogP contribution in [0.25, 0.3) is 0 Å². The Morgan fingerprint density at radius 1 is 1.33 bits per heavy atom. The molecular weight excluding hydrogens is 270 g/mol. The summed E-state index contributed by atoms with van der Waals surface area (Å²) < 4.78 is 5.37. The van der Waals surface area contributed by atoms with Gasteiger partial charge in [-0.1, -0.05) is 24.3 Å². The van der Waals surface area contributed by atoms with Crippen LogP contribution in [0.2, 0.25) is 0 Å². The van der Waals surface area contributed by atoms with Crippen molar-refractivity contribution >= 4 is 11.9 Å². The van der Waals surface area contributed by atoms with E-state index >= 15 is 0 Å². The number of hydrogen-bond acceptors (Lipinski definition) is 3. The molecular formula is C16H21NO4. The van der Waals surface area contributed by atoms with Crippen LogP contribution in [0.4, 0.5) is 0 Å². The first-order valence-electron chi connectivity index (χ1n) is 7.19. The Bertz CT molecular complexity index is 527. The molecule has 1 aromatic carbocycles. The van der Waals surface area contributed by atoms with E-state index in [1.165, 1.54) is 4.90 Å². The van der Waals surface area contributed by atoms with Crippen LogP contribution in [0.3, 0.4) is 0 Å². The zero-order valence-electron chi connectivity index (χ0n) is 12.4. The van der Waals surface area contributed by atoms with E-state index in [0.717, 1.165) is 11.1 Å². The van der Waals surface area contributed by atoms with E-state index in [0.29, 0.717) is 19.6 Å². The molecule has 0 aliphatic carbocycles. The number of carbonyl (C=O) groups excluding carboxylic acids is 1. The minimum Gasteiger partial charge on any atom is -0.480 e. The normalized spacial score (nSPS) is 17.7. The molecule has 5 nitrogen and oxygen atoms in total. The molecule has 0 radical (unpaired) electrons. The number of rotatable bonds is 5. The number of aliphatic carboxylic acids is 1.